The molecule has 1 heterocycles. The maximum Gasteiger partial charge on any atom is 0.343 e. The van der Waals surface area contributed by atoms with Gasteiger partial charge in [-0.15, -0.1) is 0 Å². The molecule has 0 saturated carbocycles. The van der Waals surface area contributed by atoms with E-state index in [-0.39, 0.29) is 12.5 Å². The fourth-order valence-electron chi connectivity index (χ4n) is 2.82. The van der Waals surface area contributed by atoms with Crippen molar-refractivity contribution in [2.24, 2.45) is 0 Å². The first-order valence-corrected chi connectivity index (χ1v) is 11.4. The summed E-state index contributed by atoms with van der Waals surface area (Å²) in [6.07, 6.45) is 1.77. The van der Waals surface area contributed by atoms with Crippen LogP contribution in [0.3, 0.4) is 0 Å². The molecule has 162 valence electrons. The highest BCUT2D eigenvalue weighted by molar-refractivity contribution is 9.10. The van der Waals surface area contributed by atoms with Crippen molar-refractivity contribution in [2.75, 3.05) is 20.3 Å². The molecule has 0 N–H and O–H groups in total. The van der Waals surface area contributed by atoms with Crippen molar-refractivity contribution in [3.05, 3.63) is 63.0 Å². The second-order valence-corrected chi connectivity index (χ2v) is 8.91. The Bertz CT molecular complexity index is 1030. The molecule has 3 rings (SSSR count). The summed E-state index contributed by atoms with van der Waals surface area (Å²) in [6.45, 7) is 2.44. The summed E-state index contributed by atoms with van der Waals surface area (Å²) >= 11 is 10.1. The zero-order valence-corrected chi connectivity index (χ0v) is 20.1. The molecule has 1 saturated heterocycles. The molecule has 0 unspecified atom stereocenters. The van der Waals surface area contributed by atoms with Crippen LogP contribution in [0.1, 0.15) is 18.1 Å². The lowest BCUT2D eigenvalue weighted by Gasteiger charge is -2.15. The number of halogens is 1. The first-order chi connectivity index (χ1) is 14.9. The van der Waals surface area contributed by atoms with Crippen LogP contribution in [-0.4, -0.2) is 41.4 Å². The fourth-order valence-corrected chi connectivity index (χ4v) is 4.65. The fraction of sp³-hybridized carbons (Fsp3) is 0.227. The molecule has 9 heteroatoms. The Morgan fingerprint density at radius 3 is 2.65 bits per heavy atom. The number of benzene rings is 2. The number of thiocarbonyl (C=S) groups is 1. The summed E-state index contributed by atoms with van der Waals surface area (Å²) in [6, 6.07) is 13.3. The van der Waals surface area contributed by atoms with Gasteiger partial charge < -0.3 is 14.2 Å². The minimum absolute atomic E-state index is 0.140. The predicted octanol–water partition coefficient (Wildman–Crippen LogP) is 4.80. The van der Waals surface area contributed by atoms with Gasteiger partial charge in [-0.1, -0.05) is 54.3 Å². The van der Waals surface area contributed by atoms with Crippen molar-refractivity contribution >= 4 is 62.2 Å². The highest BCUT2D eigenvalue weighted by Gasteiger charge is 2.32. The molecule has 2 aromatic carbocycles. The van der Waals surface area contributed by atoms with E-state index in [9.17, 15) is 9.59 Å². The number of methoxy groups -OCH3 is 1. The van der Waals surface area contributed by atoms with Crippen molar-refractivity contribution in [1.29, 1.82) is 0 Å². The molecule has 0 aliphatic carbocycles. The largest absolute Gasteiger partial charge is 0.490 e. The molecule has 0 aromatic heterocycles. The van der Waals surface area contributed by atoms with E-state index in [0.717, 1.165) is 11.1 Å². The lowest BCUT2D eigenvalue weighted by molar-refractivity contribution is -0.143. The third-order valence-corrected chi connectivity index (χ3v) is 6.22. The first-order valence-electron chi connectivity index (χ1n) is 9.38. The molecular weight excluding hydrogens is 502 g/mol. The monoisotopic (exact) mass is 521 g/mol. The van der Waals surface area contributed by atoms with Crippen molar-refractivity contribution < 1.29 is 23.8 Å². The number of hydrogen-bond acceptors (Lipinski definition) is 7. The quantitative estimate of drug-likeness (QED) is 0.280. The number of carbonyl (C=O) groups excluding carboxylic acids is 2. The minimum atomic E-state index is -0.500. The Morgan fingerprint density at radius 2 is 1.97 bits per heavy atom. The molecule has 0 bridgehead atoms. The van der Waals surface area contributed by atoms with Gasteiger partial charge in [-0.3, -0.25) is 9.69 Å². The van der Waals surface area contributed by atoms with Crippen molar-refractivity contribution in [2.45, 2.75) is 13.5 Å². The van der Waals surface area contributed by atoms with E-state index < -0.39 is 5.97 Å². The van der Waals surface area contributed by atoms with Crippen LogP contribution in [0, 0.1) is 0 Å². The molecule has 0 spiro atoms. The summed E-state index contributed by atoms with van der Waals surface area (Å²) in [5.74, 6) is 0.201. The van der Waals surface area contributed by atoms with Gasteiger partial charge in [0.2, 0.25) is 0 Å². The van der Waals surface area contributed by atoms with Crippen LogP contribution >= 0.6 is 39.9 Å². The summed E-state index contributed by atoms with van der Waals surface area (Å²) in [4.78, 5) is 26.5. The maximum absolute atomic E-state index is 12.9. The Kier molecular flexibility index (Phi) is 8.11. The first kappa shape index (κ1) is 23.3. The number of amides is 1. The molecule has 6 nitrogen and oxygen atoms in total. The van der Waals surface area contributed by atoms with Crippen LogP contribution in [0.2, 0.25) is 0 Å². The minimum Gasteiger partial charge on any atom is -0.490 e. The number of hydrogen-bond donors (Lipinski definition) is 0. The normalized spacial score (nSPS) is 14.8. The van der Waals surface area contributed by atoms with Crippen LogP contribution in [-0.2, 0) is 20.9 Å². The number of ether oxygens (including phenoxy) is 3. The van der Waals surface area contributed by atoms with Gasteiger partial charge in [-0.05, 0) is 52.2 Å². The Morgan fingerprint density at radius 1 is 1.23 bits per heavy atom. The van der Waals surface area contributed by atoms with Crippen molar-refractivity contribution in [3.63, 3.8) is 0 Å². The number of nitrogens with zero attached hydrogens (tertiary/aromatic N) is 1. The zero-order chi connectivity index (χ0) is 22.4. The second kappa shape index (κ2) is 10.8. The summed E-state index contributed by atoms with van der Waals surface area (Å²) in [7, 11) is 1.29. The average Bonchev–Trinajstić information content (AvgIpc) is 3.01. The third-order valence-electron chi connectivity index (χ3n) is 4.25. The number of esters is 1. The van der Waals surface area contributed by atoms with Crippen LogP contribution in [0.25, 0.3) is 6.08 Å². The zero-order valence-electron chi connectivity index (χ0n) is 16.9. The molecule has 31 heavy (non-hydrogen) atoms. The van der Waals surface area contributed by atoms with Gasteiger partial charge in [0, 0.05) is 0 Å². The maximum atomic E-state index is 12.9. The van der Waals surface area contributed by atoms with Crippen LogP contribution in [0.4, 0.5) is 0 Å². The molecule has 1 aliphatic heterocycles. The summed E-state index contributed by atoms with van der Waals surface area (Å²) < 4.78 is 16.9. The summed E-state index contributed by atoms with van der Waals surface area (Å²) in [5, 5.41) is 0. The molecule has 0 radical (unpaired) electrons. The number of carbonyl (C=O) groups is 2. The number of thioether (sulfide) groups is 1. The van der Waals surface area contributed by atoms with Crippen molar-refractivity contribution in [3.8, 4) is 11.5 Å². The van der Waals surface area contributed by atoms with E-state index in [4.69, 9.17) is 21.7 Å². The lowest BCUT2D eigenvalue weighted by atomic mass is 10.1. The van der Waals surface area contributed by atoms with Gasteiger partial charge in [-0.25, -0.2) is 4.79 Å². The van der Waals surface area contributed by atoms with Crippen LogP contribution in [0.5, 0.6) is 11.5 Å². The predicted molar refractivity (Wildman–Crippen MR) is 128 cm³/mol. The van der Waals surface area contributed by atoms with Crippen LogP contribution < -0.4 is 9.47 Å². The Hall–Kier alpha value is -2.36. The smallest absolute Gasteiger partial charge is 0.343 e. The SMILES string of the molecule is CCOc1cc(C=C2SC(=S)N(Cc3ccccc3)C2=O)cc(Br)c1OCC(=O)OC. The van der Waals surface area contributed by atoms with Crippen molar-refractivity contribution in [1.82, 2.24) is 4.90 Å². The van der Waals surface area contributed by atoms with E-state index in [1.165, 1.54) is 18.9 Å². The number of rotatable bonds is 8. The lowest BCUT2D eigenvalue weighted by Crippen LogP contribution is -2.27. The van der Waals surface area contributed by atoms with E-state index in [1.807, 2.05) is 37.3 Å². The van der Waals surface area contributed by atoms with Gasteiger partial charge in [0.1, 0.15) is 4.32 Å². The van der Waals surface area contributed by atoms with Crippen LogP contribution in [0.15, 0.2) is 51.8 Å². The topological polar surface area (TPSA) is 65.1 Å². The molecule has 1 fully saturated rings. The molecule has 0 atom stereocenters. The average molecular weight is 522 g/mol. The van der Waals surface area contributed by atoms with Gasteiger partial charge in [0.25, 0.3) is 5.91 Å². The molecule has 1 amide bonds. The molecule has 1 aliphatic rings. The van der Waals surface area contributed by atoms with E-state index in [2.05, 4.69) is 20.7 Å². The van der Waals surface area contributed by atoms with E-state index in [0.29, 0.717) is 38.3 Å². The van der Waals surface area contributed by atoms with E-state index in [1.54, 1.807) is 23.1 Å². The molecule has 2 aromatic rings. The summed E-state index contributed by atoms with van der Waals surface area (Å²) in [5.41, 5.74) is 1.74. The Balaban J connectivity index is 1.84. The van der Waals surface area contributed by atoms with Gasteiger partial charge in [0.15, 0.2) is 18.1 Å². The standard InChI is InChI=1S/C22H20BrNO5S2/c1-3-28-17-10-15(9-16(23)20(17)29-13-19(25)27-2)11-18-21(26)24(22(30)31-18)12-14-7-5-4-6-8-14/h4-11H,3,12-13H2,1-2H3. The second-order valence-electron chi connectivity index (χ2n) is 6.38. The Labute approximate surface area is 198 Å². The third kappa shape index (κ3) is 5.87. The highest BCUT2D eigenvalue weighted by Crippen LogP contribution is 2.39. The van der Waals surface area contributed by atoms with Gasteiger partial charge in [0.05, 0.1) is 29.6 Å². The molecular formula is C22H20BrNO5S2. The van der Waals surface area contributed by atoms with Gasteiger partial charge >= 0.3 is 5.97 Å². The van der Waals surface area contributed by atoms with Gasteiger partial charge in [-0.2, -0.15) is 0 Å². The van der Waals surface area contributed by atoms with E-state index >= 15 is 0 Å². The highest BCUT2D eigenvalue weighted by atomic mass is 79.9.